The van der Waals surface area contributed by atoms with Crippen molar-refractivity contribution < 1.29 is 4.74 Å². The van der Waals surface area contributed by atoms with E-state index in [1.54, 1.807) is 11.8 Å². The van der Waals surface area contributed by atoms with Gasteiger partial charge in [-0.25, -0.2) is 0 Å². The van der Waals surface area contributed by atoms with Gasteiger partial charge in [0.2, 0.25) is 0 Å². The van der Waals surface area contributed by atoms with Crippen molar-refractivity contribution >= 4 is 11.8 Å². The highest BCUT2D eigenvalue weighted by atomic mass is 32.2. The third kappa shape index (κ3) is 3.74. The van der Waals surface area contributed by atoms with E-state index in [9.17, 15) is 0 Å². The van der Waals surface area contributed by atoms with E-state index >= 15 is 0 Å². The van der Waals surface area contributed by atoms with Crippen LogP contribution in [0.15, 0.2) is 29.2 Å². The van der Waals surface area contributed by atoms with Crippen LogP contribution in [-0.4, -0.2) is 26.5 Å². The molecule has 1 aromatic carbocycles. The summed E-state index contributed by atoms with van der Waals surface area (Å²) in [7, 11) is 2.06. The van der Waals surface area contributed by atoms with Crippen LogP contribution in [0.3, 0.4) is 0 Å². The Kier molecular flexibility index (Phi) is 5.54. The molecule has 0 bridgehead atoms. The smallest absolute Gasteiger partial charge is 0.0468 e. The van der Waals surface area contributed by atoms with E-state index in [4.69, 9.17) is 4.74 Å². The summed E-state index contributed by atoms with van der Waals surface area (Å²) in [5.74, 6) is 0.802. The maximum absolute atomic E-state index is 5.43. The summed E-state index contributed by atoms with van der Waals surface area (Å²) in [5.41, 5.74) is 1.40. The number of rotatable bonds is 5. The summed E-state index contributed by atoms with van der Waals surface area (Å²) in [6.45, 7) is 1.87. The topological polar surface area (TPSA) is 21.3 Å². The quantitative estimate of drug-likeness (QED) is 0.824. The van der Waals surface area contributed by atoms with Gasteiger partial charge >= 0.3 is 0 Å². The summed E-state index contributed by atoms with van der Waals surface area (Å²) >= 11 is 1.80. The molecule has 0 aliphatic carbocycles. The molecule has 1 aliphatic heterocycles. The Morgan fingerprint density at radius 3 is 2.50 bits per heavy atom. The lowest BCUT2D eigenvalue weighted by atomic mass is 9.89. The number of thioether (sulfide) groups is 1. The zero-order valence-electron chi connectivity index (χ0n) is 11.3. The first kappa shape index (κ1) is 13.9. The molecule has 1 aromatic rings. The van der Waals surface area contributed by atoms with Crippen LogP contribution in [0.5, 0.6) is 0 Å². The molecule has 2 nitrogen and oxygen atoms in total. The number of benzene rings is 1. The van der Waals surface area contributed by atoms with E-state index in [-0.39, 0.29) is 0 Å². The van der Waals surface area contributed by atoms with Crippen LogP contribution in [0, 0.1) is 5.92 Å². The molecule has 1 heterocycles. The van der Waals surface area contributed by atoms with Gasteiger partial charge in [-0.3, -0.25) is 0 Å². The standard InChI is InChI=1S/C15H23NOS/c1-16-15(11-12-7-9-17-10-8-12)13-3-5-14(18-2)6-4-13/h3-6,12,15-16H,7-11H2,1-2H3. The number of ether oxygens (including phenoxy) is 1. The van der Waals surface area contributed by atoms with Gasteiger partial charge in [0.1, 0.15) is 0 Å². The van der Waals surface area contributed by atoms with E-state index in [1.807, 2.05) is 0 Å². The van der Waals surface area contributed by atoms with Gasteiger partial charge in [-0.1, -0.05) is 12.1 Å². The number of nitrogens with one attached hydrogen (secondary N) is 1. The third-order valence-corrected chi connectivity index (χ3v) is 4.52. The molecule has 0 aromatic heterocycles. The molecule has 0 radical (unpaired) electrons. The second-order valence-corrected chi connectivity index (χ2v) is 5.79. The van der Waals surface area contributed by atoms with Crippen LogP contribution < -0.4 is 5.32 Å². The Morgan fingerprint density at radius 1 is 1.28 bits per heavy atom. The predicted octanol–water partition coefficient (Wildman–Crippen LogP) is 3.49. The number of hydrogen-bond acceptors (Lipinski definition) is 3. The van der Waals surface area contributed by atoms with Gasteiger partial charge in [-0.05, 0) is 56.2 Å². The minimum absolute atomic E-state index is 0.476. The van der Waals surface area contributed by atoms with E-state index < -0.39 is 0 Å². The molecule has 0 spiro atoms. The van der Waals surface area contributed by atoms with Crippen LogP contribution in [0.4, 0.5) is 0 Å². The molecule has 3 heteroatoms. The molecule has 1 saturated heterocycles. The predicted molar refractivity (Wildman–Crippen MR) is 78.2 cm³/mol. The lowest BCUT2D eigenvalue weighted by molar-refractivity contribution is 0.0608. The Morgan fingerprint density at radius 2 is 1.94 bits per heavy atom. The zero-order chi connectivity index (χ0) is 12.8. The second-order valence-electron chi connectivity index (χ2n) is 4.91. The maximum atomic E-state index is 5.43. The first-order valence-corrected chi connectivity index (χ1v) is 7.95. The summed E-state index contributed by atoms with van der Waals surface area (Å²) < 4.78 is 5.43. The van der Waals surface area contributed by atoms with Crippen LogP contribution in [-0.2, 0) is 4.74 Å². The van der Waals surface area contributed by atoms with Crippen molar-refractivity contribution in [3.05, 3.63) is 29.8 Å². The Balaban J connectivity index is 1.97. The fourth-order valence-electron chi connectivity index (χ4n) is 2.57. The van der Waals surface area contributed by atoms with Crippen LogP contribution in [0.25, 0.3) is 0 Å². The SMILES string of the molecule is CNC(CC1CCOCC1)c1ccc(SC)cc1. The van der Waals surface area contributed by atoms with Crippen molar-refractivity contribution in [3.8, 4) is 0 Å². The molecule has 1 aliphatic rings. The molecule has 100 valence electrons. The summed E-state index contributed by atoms with van der Waals surface area (Å²) in [6, 6.07) is 9.42. The van der Waals surface area contributed by atoms with Crippen LogP contribution in [0.2, 0.25) is 0 Å². The molecule has 1 atom stereocenters. The van der Waals surface area contributed by atoms with Crippen molar-refractivity contribution in [2.45, 2.75) is 30.2 Å². The summed E-state index contributed by atoms with van der Waals surface area (Å²) in [6.07, 6.45) is 5.76. The van der Waals surface area contributed by atoms with Crippen molar-refractivity contribution in [1.82, 2.24) is 5.32 Å². The largest absolute Gasteiger partial charge is 0.381 e. The van der Waals surface area contributed by atoms with Gasteiger partial charge in [0.25, 0.3) is 0 Å². The van der Waals surface area contributed by atoms with E-state index in [0.717, 1.165) is 19.1 Å². The van der Waals surface area contributed by atoms with E-state index in [0.29, 0.717) is 6.04 Å². The summed E-state index contributed by atoms with van der Waals surface area (Å²) in [4.78, 5) is 1.33. The van der Waals surface area contributed by atoms with Gasteiger partial charge in [-0.2, -0.15) is 0 Å². The van der Waals surface area contributed by atoms with Gasteiger partial charge in [0.05, 0.1) is 0 Å². The van der Waals surface area contributed by atoms with Gasteiger partial charge in [0, 0.05) is 24.2 Å². The zero-order valence-corrected chi connectivity index (χ0v) is 12.1. The van der Waals surface area contributed by atoms with Crippen LogP contribution in [0.1, 0.15) is 30.9 Å². The van der Waals surface area contributed by atoms with Crippen LogP contribution >= 0.6 is 11.8 Å². The van der Waals surface area contributed by atoms with Crippen molar-refractivity contribution in [1.29, 1.82) is 0 Å². The average Bonchev–Trinajstić information content (AvgIpc) is 2.46. The van der Waals surface area contributed by atoms with E-state index in [2.05, 4.69) is 42.9 Å². The van der Waals surface area contributed by atoms with Gasteiger partial charge in [-0.15, -0.1) is 11.8 Å². The van der Waals surface area contributed by atoms with Gasteiger partial charge < -0.3 is 10.1 Å². The third-order valence-electron chi connectivity index (χ3n) is 3.78. The highest BCUT2D eigenvalue weighted by molar-refractivity contribution is 7.98. The fraction of sp³-hybridized carbons (Fsp3) is 0.600. The molecule has 18 heavy (non-hydrogen) atoms. The number of hydrogen-bond donors (Lipinski definition) is 1. The average molecular weight is 265 g/mol. The molecular formula is C15H23NOS. The molecular weight excluding hydrogens is 242 g/mol. The minimum atomic E-state index is 0.476. The lowest BCUT2D eigenvalue weighted by Gasteiger charge is -2.26. The minimum Gasteiger partial charge on any atom is -0.381 e. The Labute approximate surface area is 114 Å². The molecule has 1 N–H and O–H groups in total. The van der Waals surface area contributed by atoms with Crippen molar-refractivity contribution in [3.63, 3.8) is 0 Å². The Bertz CT molecular complexity index is 346. The normalized spacial score (nSPS) is 18.8. The molecule has 0 saturated carbocycles. The first-order chi connectivity index (χ1) is 8.83. The highest BCUT2D eigenvalue weighted by Crippen LogP contribution is 2.28. The monoisotopic (exact) mass is 265 g/mol. The molecule has 1 unspecified atom stereocenters. The molecule has 1 fully saturated rings. The molecule has 2 rings (SSSR count). The second kappa shape index (κ2) is 7.17. The van der Waals surface area contributed by atoms with Crippen molar-refractivity contribution in [2.24, 2.45) is 5.92 Å². The van der Waals surface area contributed by atoms with Crippen molar-refractivity contribution in [2.75, 3.05) is 26.5 Å². The lowest BCUT2D eigenvalue weighted by Crippen LogP contribution is -2.23. The summed E-state index contributed by atoms with van der Waals surface area (Å²) in [5, 5.41) is 3.46. The Hall–Kier alpha value is -0.510. The first-order valence-electron chi connectivity index (χ1n) is 6.72. The van der Waals surface area contributed by atoms with E-state index in [1.165, 1.54) is 29.7 Å². The van der Waals surface area contributed by atoms with Gasteiger partial charge in [0.15, 0.2) is 0 Å². The highest BCUT2D eigenvalue weighted by Gasteiger charge is 2.19. The maximum Gasteiger partial charge on any atom is 0.0468 e. The fourth-order valence-corrected chi connectivity index (χ4v) is 2.98. The molecule has 0 amide bonds.